The maximum absolute atomic E-state index is 13.3. The molecule has 0 unspecified atom stereocenters. The second kappa shape index (κ2) is 12.1. The molecule has 190 valence electrons. The van der Waals surface area contributed by atoms with E-state index >= 15 is 0 Å². The fraction of sp³-hybridized carbons (Fsp3) is 0.179. The summed E-state index contributed by atoms with van der Waals surface area (Å²) in [6.07, 6.45) is 3.01. The minimum atomic E-state index is -0.358. The van der Waals surface area contributed by atoms with Crippen molar-refractivity contribution in [2.75, 3.05) is 5.32 Å². The van der Waals surface area contributed by atoms with E-state index in [-0.39, 0.29) is 11.8 Å². The number of benzene rings is 3. The van der Waals surface area contributed by atoms with Gasteiger partial charge in [-0.3, -0.25) is 9.59 Å². The predicted octanol–water partition coefficient (Wildman–Crippen LogP) is 5.77. The van der Waals surface area contributed by atoms with Crippen molar-refractivity contribution in [1.29, 1.82) is 0 Å². The van der Waals surface area contributed by atoms with Crippen LogP contribution in [0.2, 0.25) is 10.0 Å². The zero-order valence-electron chi connectivity index (χ0n) is 20.3. The lowest BCUT2D eigenvalue weighted by Crippen LogP contribution is -2.23. The molecule has 0 aliphatic heterocycles. The molecule has 37 heavy (non-hydrogen) atoms. The van der Waals surface area contributed by atoms with Gasteiger partial charge in [0, 0.05) is 23.7 Å². The van der Waals surface area contributed by atoms with E-state index in [2.05, 4.69) is 15.7 Å². The van der Waals surface area contributed by atoms with Crippen LogP contribution < -0.4 is 16.4 Å². The van der Waals surface area contributed by atoms with Gasteiger partial charge < -0.3 is 16.4 Å². The van der Waals surface area contributed by atoms with Gasteiger partial charge in [-0.15, -0.1) is 0 Å². The van der Waals surface area contributed by atoms with Crippen molar-refractivity contribution in [3.05, 3.63) is 111 Å². The quantitative estimate of drug-likeness (QED) is 0.253. The van der Waals surface area contributed by atoms with Crippen LogP contribution in [0.4, 0.5) is 5.69 Å². The average molecular weight is 536 g/mol. The highest BCUT2D eigenvalue weighted by Crippen LogP contribution is 2.25. The minimum Gasteiger partial charge on any atom is -0.348 e. The number of amides is 2. The van der Waals surface area contributed by atoms with E-state index in [1.807, 2.05) is 43.3 Å². The number of nitrogens with zero attached hydrogens (tertiary/aromatic N) is 2. The maximum atomic E-state index is 13.3. The Bertz CT molecular complexity index is 1400. The number of aromatic nitrogens is 2. The summed E-state index contributed by atoms with van der Waals surface area (Å²) < 4.78 is 1.74. The van der Waals surface area contributed by atoms with Crippen molar-refractivity contribution < 1.29 is 9.59 Å². The molecule has 1 heterocycles. The molecule has 2 amide bonds. The topological polar surface area (TPSA) is 102 Å². The maximum Gasteiger partial charge on any atom is 0.259 e. The number of hydrogen-bond acceptors (Lipinski definition) is 4. The van der Waals surface area contributed by atoms with Gasteiger partial charge in [-0.2, -0.15) is 5.10 Å². The standard InChI is InChI=1S/C28H27Cl2N5O2/c1-2-3-26-23(17-33-35(26)22-11-9-21(29)10-12-22)28(37)34-25-14-20(8-13-24(25)30)27(36)32-16-19-6-4-18(15-31)5-7-19/h4-14,17H,2-3,15-16,31H2,1H3,(H,32,36)(H,34,37). The van der Waals surface area contributed by atoms with Crippen LogP contribution in [0.5, 0.6) is 0 Å². The number of carbonyl (C=O) groups is 2. The Morgan fingerprint density at radius 1 is 0.946 bits per heavy atom. The number of carbonyl (C=O) groups excluding carboxylic acids is 2. The molecule has 4 aromatic rings. The molecule has 0 saturated carbocycles. The molecule has 0 spiro atoms. The van der Waals surface area contributed by atoms with Crippen molar-refractivity contribution in [2.45, 2.75) is 32.9 Å². The summed E-state index contributed by atoms with van der Waals surface area (Å²) in [6, 6.07) is 19.7. The summed E-state index contributed by atoms with van der Waals surface area (Å²) in [4.78, 5) is 26.0. The normalized spacial score (nSPS) is 10.8. The first kappa shape index (κ1) is 26.4. The number of nitrogens with one attached hydrogen (secondary N) is 2. The summed E-state index contributed by atoms with van der Waals surface area (Å²) >= 11 is 12.4. The summed E-state index contributed by atoms with van der Waals surface area (Å²) in [5.41, 5.74) is 10.3. The largest absolute Gasteiger partial charge is 0.348 e. The van der Waals surface area contributed by atoms with E-state index < -0.39 is 0 Å². The van der Waals surface area contributed by atoms with E-state index in [9.17, 15) is 9.59 Å². The molecule has 3 aromatic carbocycles. The van der Waals surface area contributed by atoms with Gasteiger partial charge in [-0.05, 0) is 60.0 Å². The Balaban J connectivity index is 1.50. The Kier molecular flexibility index (Phi) is 8.61. The SMILES string of the molecule is CCCc1c(C(=O)Nc2cc(C(=O)NCc3ccc(CN)cc3)ccc2Cl)cnn1-c1ccc(Cl)cc1. The smallest absolute Gasteiger partial charge is 0.259 e. The van der Waals surface area contributed by atoms with Gasteiger partial charge in [-0.1, -0.05) is 60.8 Å². The van der Waals surface area contributed by atoms with Crippen LogP contribution in [0.25, 0.3) is 5.69 Å². The van der Waals surface area contributed by atoms with Crippen molar-refractivity contribution in [3.63, 3.8) is 0 Å². The second-order valence-electron chi connectivity index (χ2n) is 8.50. The first-order valence-electron chi connectivity index (χ1n) is 11.9. The van der Waals surface area contributed by atoms with Gasteiger partial charge in [0.1, 0.15) is 0 Å². The molecule has 0 bridgehead atoms. The average Bonchev–Trinajstić information content (AvgIpc) is 3.33. The molecule has 1 aromatic heterocycles. The van der Waals surface area contributed by atoms with Crippen molar-refractivity contribution in [3.8, 4) is 5.69 Å². The van der Waals surface area contributed by atoms with Gasteiger partial charge in [0.2, 0.25) is 0 Å². The minimum absolute atomic E-state index is 0.280. The number of nitrogens with two attached hydrogens (primary N) is 1. The van der Waals surface area contributed by atoms with Crippen molar-refractivity contribution in [1.82, 2.24) is 15.1 Å². The lowest BCUT2D eigenvalue weighted by molar-refractivity contribution is 0.0949. The van der Waals surface area contributed by atoms with E-state index in [1.165, 1.54) is 6.20 Å². The van der Waals surface area contributed by atoms with Gasteiger partial charge in [-0.25, -0.2) is 4.68 Å². The van der Waals surface area contributed by atoms with Crippen LogP contribution >= 0.6 is 23.2 Å². The highest BCUT2D eigenvalue weighted by Gasteiger charge is 2.19. The third kappa shape index (κ3) is 6.38. The summed E-state index contributed by atoms with van der Waals surface area (Å²) in [5, 5.41) is 11.1. The molecular weight excluding hydrogens is 509 g/mol. The molecule has 9 heteroatoms. The van der Waals surface area contributed by atoms with Crippen LogP contribution in [0.1, 0.15) is 50.9 Å². The second-order valence-corrected chi connectivity index (χ2v) is 9.34. The van der Waals surface area contributed by atoms with Gasteiger partial charge >= 0.3 is 0 Å². The van der Waals surface area contributed by atoms with Crippen LogP contribution in [0, 0.1) is 0 Å². The number of hydrogen-bond donors (Lipinski definition) is 3. The lowest BCUT2D eigenvalue weighted by atomic mass is 10.1. The van der Waals surface area contributed by atoms with Crippen LogP contribution in [0.15, 0.2) is 72.9 Å². The number of halogens is 2. The summed E-state index contributed by atoms with van der Waals surface area (Å²) in [6.45, 7) is 2.86. The van der Waals surface area contributed by atoms with Crippen LogP contribution in [0.3, 0.4) is 0 Å². The Morgan fingerprint density at radius 2 is 1.65 bits per heavy atom. The lowest BCUT2D eigenvalue weighted by Gasteiger charge is -2.12. The third-order valence-electron chi connectivity index (χ3n) is 5.86. The molecule has 0 aliphatic rings. The molecule has 0 fully saturated rings. The fourth-order valence-electron chi connectivity index (χ4n) is 3.88. The Morgan fingerprint density at radius 3 is 2.32 bits per heavy atom. The van der Waals surface area contributed by atoms with Crippen LogP contribution in [-0.2, 0) is 19.5 Å². The van der Waals surface area contributed by atoms with Crippen molar-refractivity contribution in [2.24, 2.45) is 5.73 Å². The zero-order valence-corrected chi connectivity index (χ0v) is 21.8. The highest BCUT2D eigenvalue weighted by atomic mass is 35.5. The number of rotatable bonds is 9. The molecule has 0 atom stereocenters. The summed E-state index contributed by atoms with van der Waals surface area (Å²) in [5.74, 6) is -0.639. The Hall–Kier alpha value is -3.65. The molecular formula is C28H27Cl2N5O2. The first-order valence-corrected chi connectivity index (χ1v) is 12.6. The first-order chi connectivity index (χ1) is 17.9. The predicted molar refractivity (Wildman–Crippen MR) is 147 cm³/mol. The molecule has 0 radical (unpaired) electrons. The monoisotopic (exact) mass is 535 g/mol. The van der Waals surface area contributed by atoms with E-state index in [0.717, 1.165) is 28.9 Å². The van der Waals surface area contributed by atoms with Gasteiger partial charge in [0.15, 0.2) is 0 Å². The highest BCUT2D eigenvalue weighted by molar-refractivity contribution is 6.34. The fourth-order valence-corrected chi connectivity index (χ4v) is 4.17. The van der Waals surface area contributed by atoms with Gasteiger partial charge in [0.05, 0.1) is 33.9 Å². The van der Waals surface area contributed by atoms with Crippen molar-refractivity contribution >= 4 is 40.7 Å². The molecule has 4 N–H and O–H groups in total. The van der Waals surface area contributed by atoms with Crippen LogP contribution in [-0.4, -0.2) is 21.6 Å². The third-order valence-corrected chi connectivity index (χ3v) is 6.44. The molecule has 7 nitrogen and oxygen atoms in total. The van der Waals surface area contributed by atoms with Gasteiger partial charge in [0.25, 0.3) is 11.8 Å². The van der Waals surface area contributed by atoms with E-state index in [4.69, 9.17) is 28.9 Å². The molecule has 0 aliphatic carbocycles. The molecule has 4 rings (SSSR count). The number of anilines is 1. The van der Waals surface area contributed by atoms with E-state index in [0.29, 0.717) is 46.4 Å². The zero-order chi connectivity index (χ0) is 26.4. The Labute approximate surface area is 225 Å². The molecule has 0 saturated heterocycles. The van der Waals surface area contributed by atoms with E-state index in [1.54, 1.807) is 35.0 Å². The summed E-state index contributed by atoms with van der Waals surface area (Å²) in [7, 11) is 0.